The third-order valence-electron chi connectivity index (χ3n) is 2.06. The number of nitriles is 1. The molecule has 0 fully saturated rings. The Bertz CT molecular complexity index is 656. The maximum absolute atomic E-state index is 11.8. The number of sulfonamides is 1. The van der Waals surface area contributed by atoms with Crippen molar-refractivity contribution in [2.75, 3.05) is 0 Å². The molecule has 9 heteroatoms. The Labute approximate surface area is 103 Å². The van der Waals surface area contributed by atoms with E-state index in [0.29, 0.717) is 5.82 Å². The number of rotatable bonds is 4. The average molecular weight is 264 g/mol. The minimum absolute atomic E-state index is 0.00232. The number of aromatic amines is 1. The number of pyridine rings is 1. The summed E-state index contributed by atoms with van der Waals surface area (Å²) in [7, 11) is -3.67. The van der Waals surface area contributed by atoms with Gasteiger partial charge in [0.15, 0.2) is 0 Å². The van der Waals surface area contributed by atoms with E-state index >= 15 is 0 Å². The van der Waals surface area contributed by atoms with Crippen LogP contribution in [-0.2, 0) is 16.6 Å². The summed E-state index contributed by atoms with van der Waals surface area (Å²) in [4.78, 5) is 7.47. The summed E-state index contributed by atoms with van der Waals surface area (Å²) in [5, 5.41) is 14.7. The second-order valence-electron chi connectivity index (χ2n) is 3.25. The van der Waals surface area contributed by atoms with Crippen molar-refractivity contribution in [3.05, 3.63) is 36.2 Å². The molecular weight excluding hydrogens is 256 g/mol. The first-order chi connectivity index (χ1) is 8.62. The van der Waals surface area contributed by atoms with E-state index < -0.39 is 10.0 Å². The van der Waals surface area contributed by atoms with Crippen molar-refractivity contribution in [2.45, 2.75) is 11.4 Å². The zero-order chi connectivity index (χ0) is 13.0. The van der Waals surface area contributed by atoms with Gasteiger partial charge in [-0.15, -0.1) is 0 Å². The van der Waals surface area contributed by atoms with Crippen LogP contribution in [0.3, 0.4) is 0 Å². The minimum Gasteiger partial charge on any atom is -0.262 e. The van der Waals surface area contributed by atoms with E-state index in [1.807, 2.05) is 6.07 Å². The molecule has 0 radical (unpaired) electrons. The highest BCUT2D eigenvalue weighted by molar-refractivity contribution is 7.89. The van der Waals surface area contributed by atoms with Crippen LogP contribution in [0.25, 0.3) is 0 Å². The van der Waals surface area contributed by atoms with Crippen molar-refractivity contribution < 1.29 is 8.42 Å². The molecule has 2 aromatic heterocycles. The summed E-state index contributed by atoms with van der Waals surface area (Å²) in [5.74, 6) is 0.403. The number of nitrogens with zero attached hydrogens (tertiary/aromatic N) is 4. The van der Waals surface area contributed by atoms with E-state index in [1.54, 1.807) is 0 Å². The van der Waals surface area contributed by atoms with Crippen molar-refractivity contribution in [2.24, 2.45) is 0 Å². The molecule has 0 saturated heterocycles. The van der Waals surface area contributed by atoms with E-state index in [1.165, 1.54) is 18.5 Å². The van der Waals surface area contributed by atoms with Crippen molar-refractivity contribution >= 4 is 10.0 Å². The first-order valence-corrected chi connectivity index (χ1v) is 6.30. The van der Waals surface area contributed by atoms with Crippen molar-refractivity contribution in [1.82, 2.24) is 24.9 Å². The lowest BCUT2D eigenvalue weighted by Crippen LogP contribution is -2.24. The van der Waals surface area contributed by atoms with Crippen LogP contribution in [0.5, 0.6) is 0 Å². The SMILES string of the molecule is N#Cc1ccc(S(=O)(=O)NCc2ncn[nH]2)cn1. The molecule has 0 aliphatic heterocycles. The molecule has 0 amide bonds. The lowest BCUT2D eigenvalue weighted by molar-refractivity contribution is 0.579. The van der Waals surface area contributed by atoms with Gasteiger partial charge in [-0.05, 0) is 12.1 Å². The fraction of sp³-hybridized carbons (Fsp3) is 0.111. The largest absolute Gasteiger partial charge is 0.262 e. The predicted octanol–water partition coefficient (Wildman–Crippen LogP) is -0.450. The van der Waals surface area contributed by atoms with Gasteiger partial charge >= 0.3 is 0 Å². The number of nitrogens with one attached hydrogen (secondary N) is 2. The number of hydrogen-bond acceptors (Lipinski definition) is 6. The van der Waals surface area contributed by atoms with Crippen molar-refractivity contribution in [3.63, 3.8) is 0 Å². The molecule has 18 heavy (non-hydrogen) atoms. The molecule has 2 heterocycles. The van der Waals surface area contributed by atoms with E-state index in [-0.39, 0.29) is 17.1 Å². The molecule has 0 aliphatic rings. The molecule has 92 valence electrons. The van der Waals surface area contributed by atoms with Gasteiger partial charge in [0.1, 0.15) is 28.8 Å². The Balaban J connectivity index is 2.13. The van der Waals surface area contributed by atoms with Crippen molar-refractivity contribution in [1.29, 1.82) is 5.26 Å². The third kappa shape index (κ3) is 2.68. The topological polar surface area (TPSA) is 124 Å². The van der Waals surface area contributed by atoms with Crippen LogP contribution in [0.2, 0.25) is 0 Å². The molecule has 2 N–H and O–H groups in total. The number of hydrogen-bond donors (Lipinski definition) is 2. The monoisotopic (exact) mass is 264 g/mol. The molecule has 0 aromatic carbocycles. The fourth-order valence-corrected chi connectivity index (χ4v) is 2.10. The molecule has 0 atom stereocenters. The maximum Gasteiger partial charge on any atom is 0.242 e. The highest BCUT2D eigenvalue weighted by Gasteiger charge is 2.14. The van der Waals surface area contributed by atoms with Gasteiger partial charge in [-0.1, -0.05) is 0 Å². The Morgan fingerprint density at radius 2 is 2.22 bits per heavy atom. The van der Waals surface area contributed by atoms with Crippen LogP contribution >= 0.6 is 0 Å². The summed E-state index contributed by atoms with van der Waals surface area (Å²) in [6, 6.07) is 4.46. The van der Waals surface area contributed by atoms with Crippen LogP contribution in [-0.4, -0.2) is 28.6 Å². The van der Waals surface area contributed by atoms with E-state index in [9.17, 15) is 8.42 Å². The fourth-order valence-electron chi connectivity index (χ4n) is 1.17. The molecular formula is C9H8N6O2S. The molecule has 2 aromatic rings. The number of aromatic nitrogens is 4. The molecule has 0 spiro atoms. The van der Waals surface area contributed by atoms with Crippen LogP contribution < -0.4 is 4.72 Å². The van der Waals surface area contributed by atoms with Gasteiger partial charge in [0, 0.05) is 6.20 Å². The standard InChI is InChI=1S/C9H8N6O2S/c10-3-7-1-2-8(4-11-7)18(16,17)14-5-9-12-6-13-15-9/h1-2,4,6,14H,5H2,(H,12,13,15). The summed E-state index contributed by atoms with van der Waals surface area (Å²) < 4.78 is 26.0. The Morgan fingerprint density at radius 1 is 1.39 bits per heavy atom. The van der Waals surface area contributed by atoms with Gasteiger partial charge in [-0.25, -0.2) is 23.1 Å². The van der Waals surface area contributed by atoms with E-state index in [0.717, 1.165) is 6.20 Å². The zero-order valence-corrected chi connectivity index (χ0v) is 9.85. The zero-order valence-electron chi connectivity index (χ0n) is 9.03. The van der Waals surface area contributed by atoms with E-state index in [2.05, 4.69) is 24.9 Å². The average Bonchev–Trinajstić information content (AvgIpc) is 2.90. The van der Waals surface area contributed by atoms with Gasteiger partial charge in [-0.3, -0.25) is 5.10 Å². The highest BCUT2D eigenvalue weighted by atomic mass is 32.2. The molecule has 2 rings (SSSR count). The molecule has 0 bridgehead atoms. The van der Waals surface area contributed by atoms with Gasteiger partial charge in [-0.2, -0.15) is 10.4 Å². The molecule has 0 saturated carbocycles. The van der Waals surface area contributed by atoms with Gasteiger partial charge < -0.3 is 0 Å². The Hall–Kier alpha value is -2.31. The second kappa shape index (κ2) is 4.91. The first-order valence-electron chi connectivity index (χ1n) is 4.82. The van der Waals surface area contributed by atoms with Gasteiger partial charge in [0.2, 0.25) is 10.0 Å². The predicted molar refractivity (Wildman–Crippen MR) is 59.4 cm³/mol. The smallest absolute Gasteiger partial charge is 0.242 e. The van der Waals surface area contributed by atoms with Crippen LogP contribution in [0.1, 0.15) is 11.5 Å². The molecule has 0 unspecified atom stereocenters. The maximum atomic E-state index is 11.8. The van der Waals surface area contributed by atoms with E-state index in [4.69, 9.17) is 5.26 Å². The lowest BCUT2D eigenvalue weighted by Gasteiger charge is -2.04. The van der Waals surface area contributed by atoms with Gasteiger partial charge in [0.05, 0.1) is 6.54 Å². The number of H-pyrrole nitrogens is 1. The van der Waals surface area contributed by atoms with Gasteiger partial charge in [0.25, 0.3) is 0 Å². The Morgan fingerprint density at radius 3 is 2.78 bits per heavy atom. The molecule has 0 aliphatic carbocycles. The molecule has 8 nitrogen and oxygen atoms in total. The lowest BCUT2D eigenvalue weighted by atomic mass is 10.4. The first kappa shape index (κ1) is 12.2. The van der Waals surface area contributed by atoms with Crippen LogP contribution in [0.15, 0.2) is 29.6 Å². The second-order valence-corrected chi connectivity index (χ2v) is 5.01. The van der Waals surface area contributed by atoms with Crippen LogP contribution in [0, 0.1) is 11.3 Å². The summed E-state index contributed by atoms with van der Waals surface area (Å²) >= 11 is 0. The summed E-state index contributed by atoms with van der Waals surface area (Å²) in [5.41, 5.74) is 0.157. The third-order valence-corrected chi connectivity index (χ3v) is 3.44. The summed E-state index contributed by atoms with van der Waals surface area (Å²) in [6.45, 7) is 0.00232. The summed E-state index contributed by atoms with van der Waals surface area (Å²) in [6.07, 6.45) is 2.41. The quantitative estimate of drug-likeness (QED) is 0.770. The highest BCUT2D eigenvalue weighted by Crippen LogP contribution is 2.07. The normalized spacial score (nSPS) is 11.1. The van der Waals surface area contributed by atoms with Crippen LogP contribution in [0.4, 0.5) is 0 Å². The minimum atomic E-state index is -3.67. The van der Waals surface area contributed by atoms with Crippen molar-refractivity contribution in [3.8, 4) is 6.07 Å². The Kier molecular flexibility index (Phi) is 3.31.